The maximum Gasteiger partial charge on any atom is 0.275 e. The highest BCUT2D eigenvalue weighted by Gasteiger charge is 2.15. The predicted molar refractivity (Wildman–Crippen MR) is 84.9 cm³/mol. The van der Waals surface area contributed by atoms with E-state index in [0.29, 0.717) is 17.1 Å². The summed E-state index contributed by atoms with van der Waals surface area (Å²) in [4.78, 5) is 11.8. The molecule has 6 heteroatoms. The van der Waals surface area contributed by atoms with Crippen LogP contribution in [0.1, 0.15) is 24.1 Å². The Bertz CT molecular complexity index is 677. The molecule has 3 N–H and O–H groups in total. The molecule has 0 fully saturated rings. The summed E-state index contributed by atoms with van der Waals surface area (Å²) in [5, 5.41) is 5.13. The Morgan fingerprint density at radius 3 is 2.57 bits per heavy atom. The molecule has 2 rings (SSSR count). The SMILES string of the molecule is C[C@@H]([NH2+]CC(=O)NCc1ccc(Cl)cc1)c1ccc(F)cc1F. The molecule has 2 aromatic carbocycles. The van der Waals surface area contributed by atoms with Crippen LogP contribution < -0.4 is 10.6 Å². The van der Waals surface area contributed by atoms with E-state index in [9.17, 15) is 13.6 Å². The fourth-order valence-corrected chi connectivity index (χ4v) is 2.28. The maximum absolute atomic E-state index is 13.7. The lowest BCUT2D eigenvalue weighted by Crippen LogP contribution is -2.87. The van der Waals surface area contributed by atoms with Crippen LogP contribution in [0.5, 0.6) is 0 Å². The molecule has 1 atom stereocenters. The van der Waals surface area contributed by atoms with Crippen LogP contribution in [0.2, 0.25) is 5.02 Å². The third-order valence-corrected chi connectivity index (χ3v) is 3.76. The van der Waals surface area contributed by atoms with Gasteiger partial charge in [-0.15, -0.1) is 0 Å². The second-order valence-electron chi connectivity index (χ2n) is 5.30. The Kier molecular flexibility index (Phi) is 6.07. The van der Waals surface area contributed by atoms with Crippen molar-refractivity contribution in [2.75, 3.05) is 6.54 Å². The van der Waals surface area contributed by atoms with E-state index in [1.54, 1.807) is 24.4 Å². The number of quaternary nitrogens is 1. The van der Waals surface area contributed by atoms with Gasteiger partial charge in [0.25, 0.3) is 5.91 Å². The average Bonchev–Trinajstić information content (AvgIpc) is 2.52. The molecule has 0 unspecified atom stereocenters. The number of hydrogen-bond acceptors (Lipinski definition) is 1. The summed E-state index contributed by atoms with van der Waals surface area (Å²) in [6, 6.07) is 10.4. The topological polar surface area (TPSA) is 45.7 Å². The van der Waals surface area contributed by atoms with Crippen LogP contribution in [0.25, 0.3) is 0 Å². The normalized spacial score (nSPS) is 12.0. The molecule has 122 valence electrons. The van der Waals surface area contributed by atoms with Crippen LogP contribution >= 0.6 is 11.6 Å². The zero-order valence-corrected chi connectivity index (χ0v) is 13.4. The highest BCUT2D eigenvalue weighted by atomic mass is 35.5. The number of rotatable bonds is 6. The first kappa shape index (κ1) is 17.4. The number of nitrogens with two attached hydrogens (primary N) is 1. The lowest BCUT2D eigenvalue weighted by atomic mass is 10.1. The Labute approximate surface area is 138 Å². The van der Waals surface area contributed by atoms with Crippen molar-refractivity contribution in [1.82, 2.24) is 5.32 Å². The van der Waals surface area contributed by atoms with Crippen LogP contribution in [0.4, 0.5) is 8.78 Å². The average molecular weight is 340 g/mol. The van der Waals surface area contributed by atoms with Gasteiger partial charge in [-0.3, -0.25) is 4.79 Å². The van der Waals surface area contributed by atoms with E-state index in [4.69, 9.17) is 11.6 Å². The van der Waals surface area contributed by atoms with E-state index < -0.39 is 11.6 Å². The molecular formula is C17H18ClF2N2O+. The van der Waals surface area contributed by atoms with Gasteiger partial charge in [0.05, 0.1) is 0 Å². The number of carbonyl (C=O) groups excluding carboxylic acids is 1. The lowest BCUT2D eigenvalue weighted by Gasteiger charge is -2.12. The highest BCUT2D eigenvalue weighted by Crippen LogP contribution is 2.14. The second-order valence-corrected chi connectivity index (χ2v) is 5.73. The van der Waals surface area contributed by atoms with Crippen molar-refractivity contribution in [2.24, 2.45) is 0 Å². The first-order valence-electron chi connectivity index (χ1n) is 7.25. The molecule has 0 saturated heterocycles. The Balaban J connectivity index is 1.80. The molecule has 0 heterocycles. The minimum Gasteiger partial charge on any atom is -0.347 e. The van der Waals surface area contributed by atoms with Crippen molar-refractivity contribution in [3.8, 4) is 0 Å². The minimum atomic E-state index is -0.612. The molecule has 0 aliphatic rings. The Morgan fingerprint density at radius 1 is 1.22 bits per heavy atom. The minimum absolute atomic E-state index is 0.158. The molecular weight excluding hydrogens is 322 g/mol. The van der Waals surface area contributed by atoms with E-state index >= 15 is 0 Å². The fourth-order valence-electron chi connectivity index (χ4n) is 2.16. The monoisotopic (exact) mass is 339 g/mol. The molecule has 0 aliphatic heterocycles. The molecule has 0 saturated carbocycles. The van der Waals surface area contributed by atoms with Crippen molar-refractivity contribution < 1.29 is 18.9 Å². The predicted octanol–water partition coefficient (Wildman–Crippen LogP) is 2.56. The maximum atomic E-state index is 13.7. The Hall–Kier alpha value is -1.98. The zero-order chi connectivity index (χ0) is 16.8. The van der Waals surface area contributed by atoms with Gasteiger partial charge in [0.2, 0.25) is 0 Å². The molecule has 3 nitrogen and oxygen atoms in total. The van der Waals surface area contributed by atoms with Crippen LogP contribution in [0, 0.1) is 11.6 Å². The molecule has 0 radical (unpaired) electrons. The fraction of sp³-hybridized carbons (Fsp3) is 0.235. The molecule has 0 aliphatic carbocycles. The van der Waals surface area contributed by atoms with Gasteiger partial charge in [-0.1, -0.05) is 23.7 Å². The first-order chi connectivity index (χ1) is 11.0. The lowest BCUT2D eigenvalue weighted by molar-refractivity contribution is -0.682. The number of carbonyl (C=O) groups is 1. The van der Waals surface area contributed by atoms with Gasteiger partial charge in [0.15, 0.2) is 6.54 Å². The van der Waals surface area contributed by atoms with Crippen LogP contribution in [0.15, 0.2) is 42.5 Å². The molecule has 0 spiro atoms. The van der Waals surface area contributed by atoms with Crippen LogP contribution in [-0.4, -0.2) is 12.5 Å². The molecule has 1 amide bonds. The van der Waals surface area contributed by atoms with Crippen molar-refractivity contribution in [3.05, 3.63) is 70.2 Å². The summed E-state index contributed by atoms with van der Waals surface area (Å²) < 4.78 is 26.5. The summed E-state index contributed by atoms with van der Waals surface area (Å²) >= 11 is 5.79. The third kappa shape index (κ3) is 5.30. The molecule has 0 bridgehead atoms. The van der Waals surface area contributed by atoms with E-state index in [2.05, 4.69) is 5.32 Å². The first-order valence-corrected chi connectivity index (χ1v) is 7.63. The van der Waals surface area contributed by atoms with E-state index in [1.807, 2.05) is 12.1 Å². The zero-order valence-electron chi connectivity index (χ0n) is 12.7. The van der Waals surface area contributed by atoms with Gasteiger partial charge < -0.3 is 10.6 Å². The van der Waals surface area contributed by atoms with E-state index in [0.717, 1.165) is 11.6 Å². The van der Waals surface area contributed by atoms with Crippen LogP contribution in [-0.2, 0) is 11.3 Å². The van der Waals surface area contributed by atoms with Gasteiger partial charge in [-0.2, -0.15) is 0 Å². The summed E-state index contributed by atoms with van der Waals surface area (Å²) in [5.74, 6) is -1.37. The van der Waals surface area contributed by atoms with Gasteiger partial charge in [-0.25, -0.2) is 8.78 Å². The molecule has 0 aromatic heterocycles. The number of amides is 1. The van der Waals surface area contributed by atoms with Crippen molar-refractivity contribution in [3.63, 3.8) is 0 Å². The number of halogens is 3. The Morgan fingerprint density at radius 2 is 1.91 bits per heavy atom. The van der Waals surface area contributed by atoms with Gasteiger partial charge in [0.1, 0.15) is 17.7 Å². The van der Waals surface area contributed by atoms with Gasteiger partial charge >= 0.3 is 0 Å². The smallest absolute Gasteiger partial charge is 0.275 e. The summed E-state index contributed by atoms with van der Waals surface area (Å²) in [5.41, 5.74) is 1.32. The highest BCUT2D eigenvalue weighted by molar-refractivity contribution is 6.30. The largest absolute Gasteiger partial charge is 0.347 e. The summed E-state index contributed by atoms with van der Waals surface area (Å²) in [6.45, 7) is 2.33. The second kappa shape index (κ2) is 8.04. The van der Waals surface area contributed by atoms with Crippen molar-refractivity contribution in [1.29, 1.82) is 0 Å². The molecule has 2 aromatic rings. The van der Waals surface area contributed by atoms with Gasteiger partial charge in [0, 0.05) is 23.2 Å². The number of hydrogen-bond donors (Lipinski definition) is 2. The van der Waals surface area contributed by atoms with Crippen molar-refractivity contribution in [2.45, 2.75) is 19.5 Å². The van der Waals surface area contributed by atoms with Crippen LogP contribution in [0.3, 0.4) is 0 Å². The summed E-state index contributed by atoms with van der Waals surface area (Å²) in [7, 11) is 0. The van der Waals surface area contributed by atoms with Crippen molar-refractivity contribution >= 4 is 17.5 Å². The third-order valence-electron chi connectivity index (χ3n) is 3.51. The molecule has 23 heavy (non-hydrogen) atoms. The van der Waals surface area contributed by atoms with E-state index in [-0.39, 0.29) is 18.5 Å². The van der Waals surface area contributed by atoms with E-state index in [1.165, 1.54) is 12.1 Å². The quantitative estimate of drug-likeness (QED) is 0.834. The number of nitrogens with one attached hydrogen (secondary N) is 1. The standard InChI is InChI=1S/C17H17ClF2N2O/c1-11(15-7-6-14(19)8-16(15)20)21-10-17(23)22-9-12-2-4-13(18)5-3-12/h2-8,11,21H,9-10H2,1H3,(H,22,23)/p+1/t11-/m1/s1. The number of benzene rings is 2. The summed E-state index contributed by atoms with van der Waals surface area (Å²) in [6.07, 6.45) is 0. The van der Waals surface area contributed by atoms with Gasteiger partial charge in [-0.05, 0) is 36.8 Å².